The molecule has 0 radical (unpaired) electrons. The standard InChI is InChI=1S/C19H28O5/c1-14(23-19(21)15-9-5-3-6-10-15)18-13-16(20)17(24-18)11-7-4-8-12-22-2/h3,5-6,9-10,14,16-18,20H,4,7-8,11-13H2,1-2H3/t14?,16-,17?,18-/m0/s1. The van der Waals surface area contributed by atoms with Crippen LogP contribution in [0, 0.1) is 0 Å². The number of ether oxygens (including phenoxy) is 3. The zero-order valence-electron chi connectivity index (χ0n) is 14.5. The van der Waals surface area contributed by atoms with E-state index in [1.165, 1.54) is 0 Å². The van der Waals surface area contributed by atoms with Gasteiger partial charge in [0.05, 0.1) is 23.9 Å². The summed E-state index contributed by atoms with van der Waals surface area (Å²) in [6.07, 6.45) is 3.10. The second kappa shape index (κ2) is 9.77. The number of benzene rings is 1. The Hall–Kier alpha value is -1.43. The van der Waals surface area contributed by atoms with Crippen LogP contribution in [0.3, 0.4) is 0 Å². The van der Waals surface area contributed by atoms with Gasteiger partial charge < -0.3 is 19.3 Å². The van der Waals surface area contributed by atoms with Gasteiger partial charge >= 0.3 is 5.97 Å². The summed E-state index contributed by atoms with van der Waals surface area (Å²) in [5.74, 6) is -0.357. The van der Waals surface area contributed by atoms with Crippen molar-refractivity contribution in [2.45, 2.75) is 63.4 Å². The average Bonchev–Trinajstić information content (AvgIpc) is 2.96. The lowest BCUT2D eigenvalue weighted by Gasteiger charge is -2.20. The summed E-state index contributed by atoms with van der Waals surface area (Å²) in [5.41, 5.74) is 0.526. The van der Waals surface area contributed by atoms with Crippen LogP contribution in [0.5, 0.6) is 0 Å². The van der Waals surface area contributed by atoms with Crippen LogP contribution < -0.4 is 0 Å². The third kappa shape index (κ3) is 5.58. The monoisotopic (exact) mass is 336 g/mol. The number of carbonyl (C=O) groups is 1. The van der Waals surface area contributed by atoms with Gasteiger partial charge in [0.1, 0.15) is 6.10 Å². The Morgan fingerprint density at radius 3 is 2.75 bits per heavy atom. The first kappa shape index (κ1) is 18.9. The molecular formula is C19H28O5. The highest BCUT2D eigenvalue weighted by Gasteiger charge is 2.37. The zero-order chi connectivity index (χ0) is 17.4. The fraction of sp³-hybridized carbons (Fsp3) is 0.632. The molecule has 1 N–H and O–H groups in total. The number of hydrogen-bond acceptors (Lipinski definition) is 5. The summed E-state index contributed by atoms with van der Waals surface area (Å²) < 4.78 is 16.4. The van der Waals surface area contributed by atoms with E-state index in [-0.39, 0.29) is 24.3 Å². The molecule has 1 fully saturated rings. The molecule has 1 heterocycles. The second-order valence-electron chi connectivity index (χ2n) is 6.33. The maximum Gasteiger partial charge on any atom is 0.338 e. The van der Waals surface area contributed by atoms with Gasteiger partial charge in [-0.05, 0) is 31.9 Å². The molecule has 2 unspecified atom stereocenters. The molecule has 134 valence electrons. The van der Waals surface area contributed by atoms with Crippen molar-refractivity contribution in [2.24, 2.45) is 0 Å². The molecule has 1 saturated heterocycles. The first-order chi connectivity index (χ1) is 11.6. The van der Waals surface area contributed by atoms with E-state index in [1.54, 1.807) is 31.4 Å². The summed E-state index contributed by atoms with van der Waals surface area (Å²) in [4.78, 5) is 12.1. The van der Waals surface area contributed by atoms with Crippen molar-refractivity contribution < 1.29 is 24.1 Å². The molecule has 0 bridgehead atoms. The van der Waals surface area contributed by atoms with Crippen LogP contribution in [0.1, 0.15) is 49.4 Å². The highest BCUT2D eigenvalue weighted by Crippen LogP contribution is 2.28. The quantitative estimate of drug-likeness (QED) is 0.555. The molecule has 4 atom stereocenters. The van der Waals surface area contributed by atoms with Crippen LogP contribution in [0.2, 0.25) is 0 Å². The van der Waals surface area contributed by atoms with Gasteiger partial charge in [-0.15, -0.1) is 0 Å². The summed E-state index contributed by atoms with van der Waals surface area (Å²) in [5, 5.41) is 10.2. The second-order valence-corrected chi connectivity index (χ2v) is 6.33. The molecule has 2 rings (SSSR count). The van der Waals surface area contributed by atoms with Crippen molar-refractivity contribution in [3.8, 4) is 0 Å². The van der Waals surface area contributed by atoms with Crippen LogP contribution in [0.15, 0.2) is 30.3 Å². The predicted molar refractivity (Wildman–Crippen MR) is 90.9 cm³/mol. The fourth-order valence-corrected chi connectivity index (χ4v) is 2.98. The molecule has 1 aromatic rings. The van der Waals surface area contributed by atoms with Gasteiger partial charge in [0.25, 0.3) is 0 Å². The first-order valence-corrected chi connectivity index (χ1v) is 8.70. The number of unbranched alkanes of at least 4 members (excludes halogenated alkanes) is 2. The summed E-state index contributed by atoms with van der Waals surface area (Å²) in [6.45, 7) is 2.59. The first-order valence-electron chi connectivity index (χ1n) is 8.70. The van der Waals surface area contributed by atoms with Gasteiger partial charge in [-0.2, -0.15) is 0 Å². The van der Waals surface area contributed by atoms with E-state index in [1.807, 2.05) is 13.0 Å². The molecular weight excluding hydrogens is 308 g/mol. The van der Waals surface area contributed by atoms with Gasteiger partial charge in [0.2, 0.25) is 0 Å². The number of aliphatic hydroxyl groups excluding tert-OH is 1. The third-order valence-corrected chi connectivity index (χ3v) is 4.42. The minimum atomic E-state index is -0.490. The summed E-state index contributed by atoms with van der Waals surface area (Å²) >= 11 is 0. The Labute approximate surface area is 143 Å². The lowest BCUT2D eigenvalue weighted by Crippen LogP contribution is -2.29. The van der Waals surface area contributed by atoms with Crippen LogP contribution >= 0.6 is 0 Å². The number of esters is 1. The Kier molecular flexibility index (Phi) is 7.69. The van der Waals surface area contributed by atoms with E-state index in [0.29, 0.717) is 12.0 Å². The van der Waals surface area contributed by atoms with Crippen molar-refractivity contribution in [1.29, 1.82) is 0 Å². The number of aliphatic hydroxyl groups is 1. The predicted octanol–water partition coefficient (Wildman–Crippen LogP) is 2.96. The van der Waals surface area contributed by atoms with Crippen molar-refractivity contribution in [3.05, 3.63) is 35.9 Å². The minimum absolute atomic E-state index is 0.171. The largest absolute Gasteiger partial charge is 0.456 e. The maximum absolute atomic E-state index is 12.1. The fourth-order valence-electron chi connectivity index (χ4n) is 2.98. The van der Waals surface area contributed by atoms with E-state index >= 15 is 0 Å². The topological polar surface area (TPSA) is 65.0 Å². The van der Waals surface area contributed by atoms with E-state index < -0.39 is 6.10 Å². The lowest BCUT2D eigenvalue weighted by molar-refractivity contribution is -0.0525. The molecule has 0 aromatic heterocycles. The van der Waals surface area contributed by atoms with Crippen LogP contribution in [0.25, 0.3) is 0 Å². The molecule has 5 heteroatoms. The Morgan fingerprint density at radius 1 is 1.29 bits per heavy atom. The van der Waals surface area contributed by atoms with Gasteiger partial charge in [-0.3, -0.25) is 0 Å². The Morgan fingerprint density at radius 2 is 2.04 bits per heavy atom. The molecule has 1 aliphatic heterocycles. The molecule has 0 saturated carbocycles. The normalized spacial score (nSPS) is 24.7. The summed E-state index contributed by atoms with van der Waals surface area (Å²) in [6, 6.07) is 8.91. The van der Waals surface area contributed by atoms with Gasteiger partial charge in [0.15, 0.2) is 0 Å². The molecule has 0 spiro atoms. The van der Waals surface area contributed by atoms with E-state index in [2.05, 4.69) is 0 Å². The van der Waals surface area contributed by atoms with Gasteiger partial charge in [-0.25, -0.2) is 4.79 Å². The average molecular weight is 336 g/mol. The number of carbonyl (C=O) groups excluding carboxylic acids is 1. The smallest absolute Gasteiger partial charge is 0.338 e. The summed E-state index contributed by atoms with van der Waals surface area (Å²) in [7, 11) is 1.70. The van der Waals surface area contributed by atoms with Crippen molar-refractivity contribution in [1.82, 2.24) is 0 Å². The highest BCUT2D eigenvalue weighted by atomic mass is 16.6. The highest BCUT2D eigenvalue weighted by molar-refractivity contribution is 5.89. The molecule has 1 aliphatic rings. The van der Waals surface area contributed by atoms with Crippen molar-refractivity contribution in [2.75, 3.05) is 13.7 Å². The van der Waals surface area contributed by atoms with Crippen LogP contribution in [-0.2, 0) is 14.2 Å². The number of methoxy groups -OCH3 is 1. The number of rotatable bonds is 9. The maximum atomic E-state index is 12.1. The SMILES string of the molecule is COCCCCCC1O[C@H](C(C)OC(=O)c2ccccc2)C[C@@H]1O. The molecule has 0 amide bonds. The van der Waals surface area contributed by atoms with Gasteiger partial charge in [-0.1, -0.05) is 31.0 Å². The minimum Gasteiger partial charge on any atom is -0.456 e. The van der Waals surface area contributed by atoms with Crippen molar-refractivity contribution >= 4 is 5.97 Å². The van der Waals surface area contributed by atoms with E-state index in [9.17, 15) is 9.90 Å². The van der Waals surface area contributed by atoms with Gasteiger partial charge in [0, 0.05) is 20.1 Å². The number of hydrogen-bond donors (Lipinski definition) is 1. The molecule has 5 nitrogen and oxygen atoms in total. The zero-order valence-corrected chi connectivity index (χ0v) is 14.5. The Balaban J connectivity index is 1.75. The van der Waals surface area contributed by atoms with Crippen LogP contribution in [0.4, 0.5) is 0 Å². The Bertz CT molecular complexity index is 490. The van der Waals surface area contributed by atoms with E-state index in [4.69, 9.17) is 14.2 Å². The molecule has 24 heavy (non-hydrogen) atoms. The van der Waals surface area contributed by atoms with Crippen molar-refractivity contribution in [3.63, 3.8) is 0 Å². The van der Waals surface area contributed by atoms with Crippen LogP contribution in [-0.4, -0.2) is 49.2 Å². The molecule has 1 aromatic carbocycles. The van der Waals surface area contributed by atoms with E-state index in [0.717, 1.165) is 32.3 Å². The molecule has 0 aliphatic carbocycles. The third-order valence-electron chi connectivity index (χ3n) is 4.42. The lowest BCUT2D eigenvalue weighted by atomic mass is 10.0.